The molecular weight excluding hydrogens is 220 g/mol. The molecule has 0 fully saturated rings. The van der Waals surface area contributed by atoms with Crippen molar-refractivity contribution >= 4 is 17.0 Å². The van der Waals surface area contributed by atoms with Gasteiger partial charge >= 0.3 is 5.76 Å². The summed E-state index contributed by atoms with van der Waals surface area (Å²) in [7, 11) is 1.82. The molecule has 2 aromatic heterocycles. The second-order valence-corrected chi connectivity index (χ2v) is 3.82. The van der Waals surface area contributed by atoms with Crippen molar-refractivity contribution in [3.63, 3.8) is 0 Å². The quantitative estimate of drug-likeness (QED) is 0.655. The van der Waals surface area contributed by atoms with Crippen molar-refractivity contribution in [3.05, 3.63) is 34.9 Å². The average Bonchev–Trinajstić information content (AvgIpc) is 2.80. The second-order valence-electron chi connectivity index (χ2n) is 3.82. The summed E-state index contributed by atoms with van der Waals surface area (Å²) >= 11 is 0. The number of nitrogens with one attached hydrogen (secondary N) is 1. The van der Waals surface area contributed by atoms with Crippen molar-refractivity contribution in [2.45, 2.75) is 0 Å². The third kappa shape index (κ3) is 1.50. The summed E-state index contributed by atoms with van der Waals surface area (Å²) in [5.74, 6) is -0.0201. The second kappa shape index (κ2) is 3.24. The standard InChI is InChI=1S/C11H10N4O2/c1-15-5-8(13-10(15)12)6-2-3-7-9(4-6)17-11(16)14-7/h2-5H,1H3,(H2,12,13)(H,14,16). The highest BCUT2D eigenvalue weighted by Gasteiger charge is 2.07. The summed E-state index contributed by atoms with van der Waals surface area (Å²) in [6, 6.07) is 5.39. The molecule has 0 aliphatic rings. The highest BCUT2D eigenvalue weighted by atomic mass is 16.4. The summed E-state index contributed by atoms with van der Waals surface area (Å²) in [4.78, 5) is 17.8. The summed E-state index contributed by atoms with van der Waals surface area (Å²) < 4.78 is 6.72. The number of benzene rings is 1. The minimum Gasteiger partial charge on any atom is -0.408 e. The van der Waals surface area contributed by atoms with Crippen molar-refractivity contribution in [1.29, 1.82) is 0 Å². The van der Waals surface area contributed by atoms with Crippen LogP contribution < -0.4 is 11.5 Å². The van der Waals surface area contributed by atoms with E-state index in [0.29, 0.717) is 17.0 Å². The minimum absolute atomic E-state index is 0.440. The monoisotopic (exact) mass is 230 g/mol. The van der Waals surface area contributed by atoms with Crippen molar-refractivity contribution < 1.29 is 4.42 Å². The minimum atomic E-state index is -0.460. The molecule has 0 spiro atoms. The molecule has 0 atom stereocenters. The predicted molar refractivity (Wildman–Crippen MR) is 63.4 cm³/mol. The third-order valence-corrected chi connectivity index (χ3v) is 2.63. The van der Waals surface area contributed by atoms with E-state index in [9.17, 15) is 4.79 Å². The van der Waals surface area contributed by atoms with Gasteiger partial charge in [-0.3, -0.25) is 4.98 Å². The Morgan fingerprint density at radius 3 is 3.00 bits per heavy atom. The van der Waals surface area contributed by atoms with Gasteiger partial charge in [0.1, 0.15) is 0 Å². The first-order valence-electron chi connectivity index (χ1n) is 5.05. The maximum Gasteiger partial charge on any atom is 0.417 e. The Hall–Kier alpha value is -2.50. The van der Waals surface area contributed by atoms with Gasteiger partial charge < -0.3 is 14.7 Å². The number of aryl methyl sites for hydroxylation is 1. The first-order valence-corrected chi connectivity index (χ1v) is 5.05. The highest BCUT2D eigenvalue weighted by Crippen LogP contribution is 2.22. The van der Waals surface area contributed by atoms with Gasteiger partial charge in [0.05, 0.1) is 11.2 Å². The zero-order chi connectivity index (χ0) is 12.0. The Bertz CT molecular complexity index is 731. The summed E-state index contributed by atoms with van der Waals surface area (Å²) in [6.45, 7) is 0. The number of H-pyrrole nitrogens is 1. The van der Waals surface area contributed by atoms with E-state index >= 15 is 0 Å². The lowest BCUT2D eigenvalue weighted by atomic mass is 10.1. The van der Waals surface area contributed by atoms with Crippen LogP contribution in [0.1, 0.15) is 0 Å². The fraction of sp³-hybridized carbons (Fsp3) is 0.0909. The highest BCUT2D eigenvalue weighted by molar-refractivity contribution is 5.79. The number of rotatable bonds is 1. The zero-order valence-corrected chi connectivity index (χ0v) is 9.10. The molecule has 86 valence electrons. The van der Waals surface area contributed by atoms with Crippen LogP contribution >= 0.6 is 0 Å². The van der Waals surface area contributed by atoms with Crippen LogP contribution in [0.25, 0.3) is 22.4 Å². The van der Waals surface area contributed by atoms with E-state index in [-0.39, 0.29) is 0 Å². The van der Waals surface area contributed by atoms with Gasteiger partial charge in [0.25, 0.3) is 0 Å². The SMILES string of the molecule is Cn1cc(-c2ccc3[nH]c(=O)oc3c2)nc1N. The van der Waals surface area contributed by atoms with Gasteiger partial charge in [-0.2, -0.15) is 0 Å². The van der Waals surface area contributed by atoms with Gasteiger partial charge in [0.2, 0.25) is 0 Å². The molecule has 0 saturated carbocycles. The number of hydrogen-bond donors (Lipinski definition) is 2. The van der Waals surface area contributed by atoms with Gasteiger partial charge in [-0.15, -0.1) is 0 Å². The van der Waals surface area contributed by atoms with Crippen molar-refractivity contribution in [1.82, 2.24) is 14.5 Å². The summed E-state index contributed by atoms with van der Waals surface area (Å²) in [6.07, 6.45) is 1.82. The smallest absolute Gasteiger partial charge is 0.408 e. The Labute approximate surface area is 95.7 Å². The first kappa shape index (κ1) is 9.71. The molecule has 0 radical (unpaired) electrons. The number of nitrogens with two attached hydrogens (primary N) is 1. The van der Waals surface area contributed by atoms with Crippen molar-refractivity contribution in [2.75, 3.05) is 5.73 Å². The Balaban J connectivity index is 2.20. The molecule has 6 nitrogen and oxygen atoms in total. The Morgan fingerprint density at radius 2 is 2.29 bits per heavy atom. The van der Waals surface area contributed by atoms with Gasteiger partial charge in [0.15, 0.2) is 11.5 Å². The molecule has 0 amide bonds. The van der Waals surface area contributed by atoms with Crippen LogP contribution in [0.5, 0.6) is 0 Å². The molecule has 0 saturated heterocycles. The van der Waals surface area contributed by atoms with E-state index in [2.05, 4.69) is 9.97 Å². The van der Waals surface area contributed by atoms with Gasteiger partial charge in [-0.25, -0.2) is 9.78 Å². The number of aromatic nitrogens is 3. The number of imidazole rings is 1. The maximum atomic E-state index is 11.0. The Kier molecular flexibility index (Phi) is 1.85. The molecular formula is C11H10N4O2. The molecule has 0 aliphatic heterocycles. The summed E-state index contributed by atoms with van der Waals surface area (Å²) in [5, 5.41) is 0. The lowest BCUT2D eigenvalue weighted by molar-refractivity contribution is 0.555. The van der Waals surface area contributed by atoms with Crippen LogP contribution in [0.4, 0.5) is 5.95 Å². The first-order chi connectivity index (χ1) is 8.13. The maximum absolute atomic E-state index is 11.0. The van der Waals surface area contributed by atoms with Crippen molar-refractivity contribution in [3.8, 4) is 11.3 Å². The fourth-order valence-electron chi connectivity index (χ4n) is 1.72. The van der Waals surface area contributed by atoms with E-state index in [0.717, 1.165) is 11.3 Å². The predicted octanol–water partition coefficient (Wildman–Crippen LogP) is 1.10. The summed E-state index contributed by atoms with van der Waals surface area (Å²) in [5.41, 5.74) is 8.45. The molecule has 2 heterocycles. The molecule has 1 aromatic carbocycles. The zero-order valence-electron chi connectivity index (χ0n) is 9.10. The molecule has 3 aromatic rings. The van der Waals surface area contributed by atoms with Gasteiger partial charge in [0, 0.05) is 18.8 Å². The molecule has 3 rings (SSSR count). The van der Waals surface area contributed by atoms with Crippen LogP contribution in [0.3, 0.4) is 0 Å². The molecule has 3 N–H and O–H groups in total. The van der Waals surface area contributed by atoms with Gasteiger partial charge in [-0.05, 0) is 12.1 Å². The van der Waals surface area contributed by atoms with Crippen molar-refractivity contribution in [2.24, 2.45) is 7.05 Å². The van der Waals surface area contributed by atoms with E-state index in [1.165, 1.54) is 0 Å². The Morgan fingerprint density at radius 1 is 1.47 bits per heavy atom. The number of fused-ring (bicyclic) bond motifs is 1. The number of nitrogens with zero attached hydrogens (tertiary/aromatic N) is 2. The molecule has 0 bridgehead atoms. The molecule has 17 heavy (non-hydrogen) atoms. The lowest BCUT2D eigenvalue weighted by Crippen LogP contribution is -1.94. The third-order valence-electron chi connectivity index (χ3n) is 2.63. The van der Waals surface area contributed by atoms with E-state index < -0.39 is 5.76 Å². The number of aromatic amines is 1. The lowest BCUT2D eigenvalue weighted by Gasteiger charge is -1.94. The normalized spacial score (nSPS) is 11.1. The number of nitrogen functional groups attached to an aromatic ring is 1. The fourth-order valence-corrected chi connectivity index (χ4v) is 1.72. The van der Waals surface area contributed by atoms with Crippen LogP contribution in [0.2, 0.25) is 0 Å². The van der Waals surface area contributed by atoms with Crippen LogP contribution in [-0.4, -0.2) is 14.5 Å². The topological polar surface area (TPSA) is 89.8 Å². The average molecular weight is 230 g/mol. The van der Waals surface area contributed by atoms with E-state index in [4.69, 9.17) is 10.2 Å². The number of anilines is 1. The largest absolute Gasteiger partial charge is 0.417 e. The molecule has 6 heteroatoms. The number of oxazole rings is 1. The van der Waals surface area contributed by atoms with Crippen LogP contribution in [-0.2, 0) is 7.05 Å². The molecule has 0 aliphatic carbocycles. The van der Waals surface area contributed by atoms with Crippen LogP contribution in [0, 0.1) is 0 Å². The molecule has 0 unspecified atom stereocenters. The van der Waals surface area contributed by atoms with E-state index in [1.54, 1.807) is 16.7 Å². The number of hydrogen-bond acceptors (Lipinski definition) is 4. The van der Waals surface area contributed by atoms with E-state index in [1.807, 2.05) is 19.3 Å². The van der Waals surface area contributed by atoms with Crippen LogP contribution in [0.15, 0.2) is 33.6 Å². The van der Waals surface area contributed by atoms with Gasteiger partial charge in [-0.1, -0.05) is 6.07 Å².